The third-order valence-electron chi connectivity index (χ3n) is 4.49. The van der Waals surface area contributed by atoms with Crippen molar-refractivity contribution in [2.75, 3.05) is 6.54 Å². The molecule has 0 saturated carbocycles. The number of aliphatic carboxylic acids is 1. The lowest BCUT2D eigenvalue weighted by atomic mass is 9.85. The molecule has 6 nitrogen and oxygen atoms in total. The Hall–Kier alpha value is -2.37. The fraction of sp³-hybridized carbons (Fsp3) is 0.526. The van der Waals surface area contributed by atoms with E-state index in [0.29, 0.717) is 6.54 Å². The average Bonchev–Trinajstić information content (AvgIpc) is 2.51. The summed E-state index contributed by atoms with van der Waals surface area (Å²) in [5, 5.41) is 11.9. The van der Waals surface area contributed by atoms with E-state index in [2.05, 4.69) is 5.32 Å². The highest BCUT2D eigenvalue weighted by atomic mass is 16.4. The van der Waals surface area contributed by atoms with Crippen molar-refractivity contribution in [3.63, 3.8) is 0 Å². The monoisotopic (exact) mass is 348 g/mol. The van der Waals surface area contributed by atoms with Crippen LogP contribution >= 0.6 is 0 Å². The van der Waals surface area contributed by atoms with E-state index in [1.54, 1.807) is 11.8 Å². The first kappa shape index (κ1) is 20.7. The number of carbonyl (C=O) groups is 3. The fourth-order valence-corrected chi connectivity index (χ4v) is 2.48. The molecule has 0 aromatic heterocycles. The van der Waals surface area contributed by atoms with Crippen molar-refractivity contribution >= 4 is 17.8 Å². The Morgan fingerprint density at radius 1 is 1.20 bits per heavy atom. The molecule has 2 N–H and O–H groups in total. The molecule has 1 rings (SSSR count). The van der Waals surface area contributed by atoms with Gasteiger partial charge in [0.1, 0.15) is 0 Å². The first-order valence-electron chi connectivity index (χ1n) is 8.46. The van der Waals surface area contributed by atoms with Crippen LogP contribution in [0.1, 0.15) is 46.1 Å². The summed E-state index contributed by atoms with van der Waals surface area (Å²) in [5.41, 5.74) is 0.180. The Balaban J connectivity index is 2.65. The third-order valence-corrected chi connectivity index (χ3v) is 4.49. The molecule has 2 amide bonds. The quantitative estimate of drug-likeness (QED) is 0.717. The van der Waals surface area contributed by atoms with Crippen LogP contribution in [0.3, 0.4) is 0 Å². The van der Waals surface area contributed by atoms with Gasteiger partial charge in [0.15, 0.2) is 0 Å². The predicted octanol–water partition coefficient (Wildman–Crippen LogP) is 2.43. The van der Waals surface area contributed by atoms with Crippen LogP contribution < -0.4 is 5.32 Å². The molecule has 0 saturated heterocycles. The summed E-state index contributed by atoms with van der Waals surface area (Å²) in [7, 11) is 0. The normalized spacial score (nSPS) is 13.2. The van der Waals surface area contributed by atoms with Crippen molar-refractivity contribution in [2.24, 2.45) is 5.92 Å². The van der Waals surface area contributed by atoms with Crippen molar-refractivity contribution in [1.29, 1.82) is 0 Å². The Morgan fingerprint density at radius 3 is 2.28 bits per heavy atom. The Morgan fingerprint density at radius 2 is 1.80 bits per heavy atom. The molecule has 0 heterocycles. The molecule has 0 bridgehead atoms. The number of carbonyl (C=O) groups excluding carboxylic acids is 2. The molecule has 1 atom stereocenters. The van der Waals surface area contributed by atoms with Gasteiger partial charge in [0.2, 0.25) is 11.8 Å². The molecule has 25 heavy (non-hydrogen) atoms. The second kappa shape index (κ2) is 9.20. The average molecular weight is 348 g/mol. The molecule has 0 spiro atoms. The van der Waals surface area contributed by atoms with E-state index in [9.17, 15) is 14.4 Å². The fourth-order valence-electron chi connectivity index (χ4n) is 2.48. The van der Waals surface area contributed by atoms with E-state index < -0.39 is 11.5 Å². The van der Waals surface area contributed by atoms with E-state index in [4.69, 9.17) is 5.11 Å². The molecular weight excluding hydrogens is 320 g/mol. The van der Waals surface area contributed by atoms with Crippen LogP contribution in [0.2, 0.25) is 0 Å². The van der Waals surface area contributed by atoms with Gasteiger partial charge in [-0.15, -0.1) is 0 Å². The number of carboxylic acid groups (broad SMARTS) is 1. The van der Waals surface area contributed by atoms with E-state index in [1.165, 1.54) is 6.92 Å². The van der Waals surface area contributed by atoms with Crippen molar-refractivity contribution < 1.29 is 19.5 Å². The second-order valence-electron chi connectivity index (χ2n) is 6.87. The zero-order chi connectivity index (χ0) is 19.0. The third kappa shape index (κ3) is 6.95. The lowest BCUT2D eigenvalue weighted by Crippen LogP contribution is -2.51. The Labute approximate surface area is 149 Å². The Kier molecular flexibility index (Phi) is 7.61. The van der Waals surface area contributed by atoms with Gasteiger partial charge in [-0.3, -0.25) is 14.4 Å². The SMILES string of the molecule is CC(=O)N(CCC(=O)NC(C)(CC(=O)O)C(C)C)Cc1ccccc1. The molecule has 0 aliphatic rings. The van der Waals surface area contributed by atoms with E-state index >= 15 is 0 Å². The van der Waals surface area contributed by atoms with Gasteiger partial charge in [0.05, 0.1) is 6.42 Å². The van der Waals surface area contributed by atoms with Crippen molar-refractivity contribution in [3.8, 4) is 0 Å². The highest BCUT2D eigenvalue weighted by Crippen LogP contribution is 2.21. The van der Waals surface area contributed by atoms with Gasteiger partial charge in [0, 0.05) is 32.0 Å². The minimum absolute atomic E-state index is 0.0271. The first-order chi connectivity index (χ1) is 11.6. The summed E-state index contributed by atoms with van der Waals surface area (Å²) in [6.45, 7) is 7.69. The lowest BCUT2D eigenvalue weighted by molar-refractivity contribution is -0.139. The second-order valence-corrected chi connectivity index (χ2v) is 6.87. The first-order valence-corrected chi connectivity index (χ1v) is 8.46. The van der Waals surface area contributed by atoms with Gasteiger partial charge in [-0.05, 0) is 18.4 Å². The zero-order valence-corrected chi connectivity index (χ0v) is 15.4. The summed E-state index contributed by atoms with van der Waals surface area (Å²) < 4.78 is 0. The van der Waals surface area contributed by atoms with Gasteiger partial charge in [-0.25, -0.2) is 0 Å². The molecule has 0 fully saturated rings. The Bertz CT molecular complexity index is 601. The maximum atomic E-state index is 12.3. The van der Waals surface area contributed by atoms with Gasteiger partial charge in [-0.2, -0.15) is 0 Å². The van der Waals surface area contributed by atoms with Crippen molar-refractivity contribution in [3.05, 3.63) is 35.9 Å². The number of nitrogens with zero attached hydrogens (tertiary/aromatic N) is 1. The van der Waals surface area contributed by atoms with Gasteiger partial charge < -0.3 is 15.3 Å². The number of benzene rings is 1. The number of rotatable bonds is 9. The summed E-state index contributed by atoms with van der Waals surface area (Å²) >= 11 is 0. The molecule has 6 heteroatoms. The standard InChI is InChI=1S/C19H28N2O4/c1-14(2)19(4,12-18(24)25)20-17(23)10-11-21(15(3)22)13-16-8-6-5-7-9-16/h5-9,14H,10-13H2,1-4H3,(H,20,23)(H,24,25). The minimum Gasteiger partial charge on any atom is -0.481 e. The van der Waals surface area contributed by atoms with Crippen molar-refractivity contribution in [1.82, 2.24) is 10.2 Å². The molecule has 138 valence electrons. The van der Waals surface area contributed by atoms with Crippen LogP contribution in [0.15, 0.2) is 30.3 Å². The number of amides is 2. The highest BCUT2D eigenvalue weighted by molar-refractivity contribution is 5.79. The van der Waals surface area contributed by atoms with Gasteiger partial charge >= 0.3 is 5.97 Å². The number of hydrogen-bond acceptors (Lipinski definition) is 3. The molecule has 1 aromatic rings. The van der Waals surface area contributed by atoms with E-state index in [-0.39, 0.29) is 37.1 Å². The van der Waals surface area contributed by atoms with E-state index in [0.717, 1.165) is 5.56 Å². The number of carboxylic acids is 1. The van der Waals surface area contributed by atoms with Crippen LogP contribution in [0.5, 0.6) is 0 Å². The van der Waals surface area contributed by atoms with Crippen LogP contribution in [-0.2, 0) is 20.9 Å². The molecule has 1 aromatic carbocycles. The highest BCUT2D eigenvalue weighted by Gasteiger charge is 2.32. The maximum Gasteiger partial charge on any atom is 0.305 e. The maximum absolute atomic E-state index is 12.3. The largest absolute Gasteiger partial charge is 0.481 e. The van der Waals surface area contributed by atoms with Crippen LogP contribution in [0, 0.1) is 5.92 Å². The zero-order valence-electron chi connectivity index (χ0n) is 15.4. The number of hydrogen-bond donors (Lipinski definition) is 2. The van der Waals surface area contributed by atoms with Crippen LogP contribution in [0.25, 0.3) is 0 Å². The predicted molar refractivity (Wildman–Crippen MR) is 95.8 cm³/mol. The van der Waals surface area contributed by atoms with Gasteiger partial charge in [0.25, 0.3) is 0 Å². The lowest BCUT2D eigenvalue weighted by Gasteiger charge is -2.33. The van der Waals surface area contributed by atoms with E-state index in [1.807, 2.05) is 44.2 Å². The summed E-state index contributed by atoms with van der Waals surface area (Å²) in [4.78, 5) is 36.8. The van der Waals surface area contributed by atoms with Crippen LogP contribution in [0.4, 0.5) is 0 Å². The molecule has 1 unspecified atom stereocenters. The van der Waals surface area contributed by atoms with Crippen LogP contribution in [-0.4, -0.2) is 39.9 Å². The molecule has 0 radical (unpaired) electrons. The van der Waals surface area contributed by atoms with Gasteiger partial charge in [-0.1, -0.05) is 44.2 Å². The molecular formula is C19H28N2O4. The summed E-state index contributed by atoms with van der Waals surface area (Å²) in [5.74, 6) is -1.34. The van der Waals surface area contributed by atoms with Crippen molar-refractivity contribution in [2.45, 2.75) is 52.6 Å². The topological polar surface area (TPSA) is 86.7 Å². The smallest absolute Gasteiger partial charge is 0.305 e. The molecule has 0 aliphatic heterocycles. The number of nitrogens with one attached hydrogen (secondary N) is 1. The minimum atomic E-state index is -0.953. The summed E-state index contributed by atoms with van der Waals surface area (Å²) in [6.07, 6.45) is -0.00874. The molecule has 0 aliphatic carbocycles. The summed E-state index contributed by atoms with van der Waals surface area (Å²) in [6, 6.07) is 9.57.